The molecule has 1 fully saturated rings. The Morgan fingerprint density at radius 1 is 1.38 bits per heavy atom. The maximum Gasteiger partial charge on any atom is 0.240 e. The second-order valence-electron chi connectivity index (χ2n) is 6.94. The van der Waals surface area contributed by atoms with Gasteiger partial charge in [0.2, 0.25) is 11.8 Å². The number of primary amides is 1. The van der Waals surface area contributed by atoms with Gasteiger partial charge in [-0.1, -0.05) is 13.8 Å². The van der Waals surface area contributed by atoms with Gasteiger partial charge in [0.15, 0.2) is 0 Å². The lowest BCUT2D eigenvalue weighted by Gasteiger charge is -2.22. The molecule has 0 bridgehead atoms. The largest absolute Gasteiger partial charge is 0.464 e. The van der Waals surface area contributed by atoms with Gasteiger partial charge < -0.3 is 15.1 Å². The zero-order valence-corrected chi connectivity index (χ0v) is 14.5. The summed E-state index contributed by atoms with van der Waals surface area (Å²) in [6, 6.07) is 3.68. The number of likely N-dealkylation sites (tertiary alicyclic amines) is 1. The number of carbonyl (C=O) groups excluding carboxylic acids is 2. The van der Waals surface area contributed by atoms with Crippen LogP contribution in [0.2, 0.25) is 0 Å². The molecule has 2 N–H and O–H groups in total. The molecule has 0 spiro atoms. The maximum absolute atomic E-state index is 12.6. The summed E-state index contributed by atoms with van der Waals surface area (Å²) in [6.45, 7) is 6.98. The van der Waals surface area contributed by atoms with Crippen LogP contribution in [0.25, 0.3) is 11.0 Å². The van der Waals surface area contributed by atoms with Crippen molar-refractivity contribution >= 4 is 22.8 Å². The average Bonchev–Trinajstić information content (AvgIpc) is 3.13. The lowest BCUT2D eigenvalue weighted by molar-refractivity contribution is -0.136. The van der Waals surface area contributed by atoms with Crippen molar-refractivity contribution in [3.63, 3.8) is 0 Å². The molecule has 0 radical (unpaired) electrons. The van der Waals surface area contributed by atoms with E-state index >= 15 is 0 Å². The lowest BCUT2D eigenvalue weighted by Crippen LogP contribution is -2.44. The quantitative estimate of drug-likeness (QED) is 0.937. The lowest BCUT2D eigenvalue weighted by atomic mass is 9.95. The van der Waals surface area contributed by atoms with Crippen molar-refractivity contribution in [2.75, 3.05) is 6.54 Å². The van der Waals surface area contributed by atoms with Gasteiger partial charge in [0.05, 0.1) is 12.7 Å². The van der Waals surface area contributed by atoms with Crippen LogP contribution in [0.3, 0.4) is 0 Å². The number of carbonyl (C=O) groups is 2. The Balaban J connectivity index is 1.89. The first-order valence-corrected chi connectivity index (χ1v) is 8.48. The number of benzene rings is 1. The Bertz CT molecular complexity index is 791. The number of hydrogen-bond acceptors (Lipinski definition) is 3. The van der Waals surface area contributed by atoms with E-state index < -0.39 is 11.9 Å². The molecule has 2 heterocycles. The molecular formula is C19H24N2O3. The summed E-state index contributed by atoms with van der Waals surface area (Å²) in [5.74, 6) is -0.0769. The minimum Gasteiger partial charge on any atom is -0.464 e. The Kier molecular flexibility index (Phi) is 4.35. The first-order valence-electron chi connectivity index (χ1n) is 8.48. The molecule has 1 atom stereocenters. The highest BCUT2D eigenvalue weighted by molar-refractivity contribution is 5.91. The second kappa shape index (κ2) is 6.30. The molecular weight excluding hydrogens is 304 g/mol. The third-order valence-electron chi connectivity index (χ3n) is 4.91. The summed E-state index contributed by atoms with van der Waals surface area (Å²) in [4.78, 5) is 25.7. The van der Waals surface area contributed by atoms with E-state index in [1.54, 1.807) is 11.2 Å². The fourth-order valence-electron chi connectivity index (χ4n) is 3.63. The van der Waals surface area contributed by atoms with Gasteiger partial charge in [0, 0.05) is 17.5 Å². The Morgan fingerprint density at radius 2 is 2.12 bits per heavy atom. The average molecular weight is 328 g/mol. The number of nitrogens with zero attached hydrogens (tertiary/aromatic N) is 1. The summed E-state index contributed by atoms with van der Waals surface area (Å²) < 4.78 is 5.64. The van der Waals surface area contributed by atoms with Crippen molar-refractivity contribution in [3.8, 4) is 0 Å². The van der Waals surface area contributed by atoms with Crippen LogP contribution in [0, 0.1) is 6.92 Å². The summed E-state index contributed by atoms with van der Waals surface area (Å²) >= 11 is 0. The molecule has 1 aliphatic rings. The molecule has 1 unspecified atom stereocenters. The molecule has 0 saturated carbocycles. The normalized spacial score (nSPS) is 17.8. The van der Waals surface area contributed by atoms with Crippen LogP contribution < -0.4 is 5.73 Å². The summed E-state index contributed by atoms with van der Waals surface area (Å²) in [5.41, 5.74) is 9.53. The predicted octanol–water partition coefficient (Wildman–Crippen LogP) is 2.88. The monoisotopic (exact) mass is 328 g/mol. The van der Waals surface area contributed by atoms with E-state index in [1.807, 2.05) is 6.07 Å². The van der Waals surface area contributed by atoms with Gasteiger partial charge in [-0.2, -0.15) is 0 Å². The van der Waals surface area contributed by atoms with Gasteiger partial charge >= 0.3 is 0 Å². The highest BCUT2D eigenvalue weighted by atomic mass is 16.3. The molecule has 5 nitrogen and oxygen atoms in total. The molecule has 2 amide bonds. The van der Waals surface area contributed by atoms with Crippen molar-refractivity contribution in [1.82, 2.24) is 4.90 Å². The summed E-state index contributed by atoms with van der Waals surface area (Å²) in [7, 11) is 0. The highest BCUT2D eigenvalue weighted by Gasteiger charge is 2.32. The van der Waals surface area contributed by atoms with Gasteiger partial charge in [-0.05, 0) is 48.9 Å². The zero-order valence-electron chi connectivity index (χ0n) is 14.5. The fraction of sp³-hybridized carbons (Fsp3) is 0.474. The molecule has 5 heteroatoms. The Labute approximate surface area is 141 Å². The topological polar surface area (TPSA) is 76.5 Å². The van der Waals surface area contributed by atoms with Gasteiger partial charge in [0.25, 0.3) is 0 Å². The zero-order chi connectivity index (χ0) is 17.4. The number of fused-ring (bicyclic) bond motifs is 1. The number of rotatable bonds is 4. The molecule has 1 aromatic heterocycles. The molecule has 3 rings (SSSR count). The highest BCUT2D eigenvalue weighted by Crippen LogP contribution is 2.30. The predicted molar refractivity (Wildman–Crippen MR) is 92.7 cm³/mol. The van der Waals surface area contributed by atoms with E-state index in [4.69, 9.17) is 10.2 Å². The third-order valence-corrected chi connectivity index (χ3v) is 4.91. The van der Waals surface area contributed by atoms with Crippen LogP contribution in [0.4, 0.5) is 0 Å². The van der Waals surface area contributed by atoms with Crippen LogP contribution in [-0.4, -0.2) is 29.3 Å². The van der Waals surface area contributed by atoms with Crippen molar-refractivity contribution in [2.45, 2.75) is 52.0 Å². The number of aryl methyl sites for hydroxylation is 1. The molecule has 1 saturated heterocycles. The molecule has 1 aliphatic heterocycles. The van der Waals surface area contributed by atoms with Gasteiger partial charge in [-0.15, -0.1) is 0 Å². The molecule has 24 heavy (non-hydrogen) atoms. The van der Waals surface area contributed by atoms with Crippen LogP contribution in [0.1, 0.15) is 49.3 Å². The van der Waals surface area contributed by atoms with E-state index in [-0.39, 0.29) is 12.3 Å². The standard InChI is InChI=1S/C19H24N2O3/c1-11(2)14-9-15-13(10-24-17(15)7-12(14)3)8-18(22)21-6-4-5-16(21)19(20)23/h7,9-11,16H,4-6,8H2,1-3H3,(H2,20,23). The fourth-order valence-corrected chi connectivity index (χ4v) is 3.63. The minimum atomic E-state index is -0.468. The van der Waals surface area contributed by atoms with Crippen LogP contribution >= 0.6 is 0 Å². The smallest absolute Gasteiger partial charge is 0.240 e. The van der Waals surface area contributed by atoms with E-state index in [0.717, 1.165) is 23.0 Å². The van der Waals surface area contributed by atoms with Gasteiger partial charge in [0.1, 0.15) is 11.6 Å². The first kappa shape index (κ1) is 16.6. The van der Waals surface area contributed by atoms with Crippen molar-refractivity contribution in [2.24, 2.45) is 5.73 Å². The molecule has 2 aromatic rings. The first-order chi connectivity index (χ1) is 11.4. The third kappa shape index (κ3) is 2.90. The van der Waals surface area contributed by atoms with Crippen LogP contribution in [-0.2, 0) is 16.0 Å². The van der Waals surface area contributed by atoms with E-state index in [9.17, 15) is 9.59 Å². The van der Waals surface area contributed by atoms with Gasteiger partial charge in [-0.25, -0.2) is 0 Å². The number of furan rings is 1. The SMILES string of the molecule is Cc1cc2occ(CC(=O)N3CCCC3C(N)=O)c2cc1C(C)C. The van der Waals surface area contributed by atoms with Crippen LogP contribution in [0.15, 0.2) is 22.8 Å². The van der Waals surface area contributed by atoms with E-state index in [0.29, 0.717) is 18.9 Å². The van der Waals surface area contributed by atoms with E-state index in [2.05, 4.69) is 26.8 Å². The second-order valence-corrected chi connectivity index (χ2v) is 6.94. The number of hydrogen-bond donors (Lipinski definition) is 1. The number of amides is 2. The van der Waals surface area contributed by atoms with Crippen LogP contribution in [0.5, 0.6) is 0 Å². The van der Waals surface area contributed by atoms with Gasteiger partial charge in [-0.3, -0.25) is 9.59 Å². The molecule has 0 aliphatic carbocycles. The summed E-state index contributed by atoms with van der Waals surface area (Å²) in [5, 5.41) is 0.979. The molecule has 1 aromatic carbocycles. The summed E-state index contributed by atoms with van der Waals surface area (Å²) in [6.07, 6.45) is 3.37. The van der Waals surface area contributed by atoms with E-state index in [1.165, 1.54) is 11.1 Å². The minimum absolute atomic E-state index is 0.0642. The van der Waals surface area contributed by atoms with Crippen molar-refractivity contribution in [3.05, 3.63) is 35.1 Å². The van der Waals surface area contributed by atoms with Crippen molar-refractivity contribution in [1.29, 1.82) is 0 Å². The Morgan fingerprint density at radius 3 is 2.79 bits per heavy atom. The number of nitrogens with two attached hydrogens (primary N) is 1. The maximum atomic E-state index is 12.6. The molecule has 128 valence electrons. The Hall–Kier alpha value is -2.30. The van der Waals surface area contributed by atoms with Crippen molar-refractivity contribution < 1.29 is 14.0 Å².